The molecule has 0 aliphatic carbocycles. The average Bonchev–Trinajstić information content (AvgIpc) is 1.81. The van der Waals surface area contributed by atoms with Gasteiger partial charge in [0.1, 0.15) is 6.10 Å². The largest absolute Gasteiger partial charge is 0.457 e. The van der Waals surface area contributed by atoms with Crippen LogP contribution >= 0.6 is 0 Å². The van der Waals surface area contributed by atoms with Gasteiger partial charge in [-0.3, -0.25) is 0 Å². The van der Waals surface area contributed by atoms with Crippen LogP contribution in [0, 0.1) is 5.92 Å². The van der Waals surface area contributed by atoms with Crippen LogP contribution in [0.3, 0.4) is 0 Å². The summed E-state index contributed by atoms with van der Waals surface area (Å²) < 4.78 is 4.62. The molecule has 1 heterocycles. The van der Waals surface area contributed by atoms with E-state index < -0.39 is 12.1 Å². The van der Waals surface area contributed by atoms with Crippen molar-refractivity contribution in [2.45, 2.75) is 26.1 Å². The molecule has 1 saturated heterocycles. The minimum absolute atomic E-state index is 0.220. The van der Waals surface area contributed by atoms with Crippen LogP contribution in [0.15, 0.2) is 0 Å². The Labute approximate surface area is 53.6 Å². The lowest BCUT2D eigenvalue weighted by Crippen LogP contribution is -2.52. The van der Waals surface area contributed by atoms with E-state index in [1.165, 1.54) is 0 Å². The molecule has 1 fully saturated rings. The molecule has 0 aromatic heterocycles. The molecule has 0 radical (unpaired) electrons. The van der Waals surface area contributed by atoms with Crippen LogP contribution in [0.5, 0.6) is 0 Å². The van der Waals surface area contributed by atoms with E-state index in [0.717, 1.165) is 0 Å². The molecule has 1 aliphatic rings. The van der Waals surface area contributed by atoms with Crippen molar-refractivity contribution in [3.63, 3.8) is 0 Å². The number of carbonyl (C=O) groups is 1. The predicted octanol–water partition coefficient (Wildman–Crippen LogP) is -0.0713. The van der Waals surface area contributed by atoms with Gasteiger partial charge in [-0.25, -0.2) is 4.79 Å². The Morgan fingerprint density at radius 2 is 2.22 bits per heavy atom. The highest BCUT2D eigenvalue weighted by molar-refractivity contribution is 5.80. The first kappa shape index (κ1) is 6.55. The predicted molar refractivity (Wildman–Crippen MR) is 30.7 cm³/mol. The first-order valence-corrected chi connectivity index (χ1v) is 3.01. The van der Waals surface area contributed by atoms with Crippen molar-refractivity contribution in [3.8, 4) is 0 Å². The third-order valence-electron chi connectivity index (χ3n) is 1.46. The maximum absolute atomic E-state index is 10.3. The summed E-state index contributed by atoms with van der Waals surface area (Å²) in [5.74, 6) is -0.272. The minimum atomic E-state index is -0.870. The van der Waals surface area contributed by atoms with E-state index in [0.29, 0.717) is 0 Å². The Bertz CT molecular complexity index is 130. The van der Waals surface area contributed by atoms with Gasteiger partial charge in [0.25, 0.3) is 0 Å². The van der Waals surface area contributed by atoms with Crippen LogP contribution in [0.2, 0.25) is 0 Å². The van der Waals surface area contributed by atoms with E-state index in [9.17, 15) is 4.79 Å². The molecular weight excluding hydrogens is 120 g/mol. The van der Waals surface area contributed by atoms with Crippen LogP contribution in [0.1, 0.15) is 13.8 Å². The van der Waals surface area contributed by atoms with E-state index in [2.05, 4.69) is 4.74 Å². The minimum Gasteiger partial charge on any atom is -0.457 e. The van der Waals surface area contributed by atoms with Crippen molar-refractivity contribution in [1.82, 2.24) is 0 Å². The van der Waals surface area contributed by atoms with Gasteiger partial charge >= 0.3 is 5.97 Å². The van der Waals surface area contributed by atoms with Crippen molar-refractivity contribution < 1.29 is 14.6 Å². The highest BCUT2D eigenvalue weighted by atomic mass is 16.6. The summed E-state index contributed by atoms with van der Waals surface area (Å²) in [6.45, 7) is 3.81. The van der Waals surface area contributed by atoms with Crippen molar-refractivity contribution in [2.75, 3.05) is 0 Å². The molecule has 1 rings (SSSR count). The molecule has 1 aliphatic heterocycles. The third kappa shape index (κ3) is 0.920. The lowest BCUT2D eigenvalue weighted by atomic mass is 9.97. The van der Waals surface area contributed by atoms with Crippen molar-refractivity contribution in [1.29, 1.82) is 0 Å². The SMILES string of the molecule is CC(C)C1OC(=O)C1O. The van der Waals surface area contributed by atoms with Gasteiger partial charge in [0.15, 0.2) is 6.10 Å². The molecular formula is C6H10O3. The van der Waals surface area contributed by atoms with E-state index in [4.69, 9.17) is 5.11 Å². The van der Waals surface area contributed by atoms with Crippen molar-refractivity contribution >= 4 is 5.97 Å². The van der Waals surface area contributed by atoms with E-state index in [-0.39, 0.29) is 12.0 Å². The number of hydrogen-bond acceptors (Lipinski definition) is 3. The number of aliphatic hydroxyl groups excluding tert-OH is 1. The summed E-state index contributed by atoms with van der Waals surface area (Å²) in [5.41, 5.74) is 0. The van der Waals surface area contributed by atoms with Crippen LogP contribution < -0.4 is 0 Å². The maximum atomic E-state index is 10.3. The molecule has 0 bridgehead atoms. The summed E-state index contributed by atoms with van der Waals surface area (Å²) in [6, 6.07) is 0. The van der Waals surface area contributed by atoms with Gasteiger partial charge < -0.3 is 9.84 Å². The summed E-state index contributed by atoms with van der Waals surface area (Å²) in [6.07, 6.45) is -1.14. The lowest BCUT2D eigenvalue weighted by Gasteiger charge is -2.33. The molecule has 0 spiro atoms. The average molecular weight is 130 g/mol. The highest BCUT2D eigenvalue weighted by Gasteiger charge is 2.42. The van der Waals surface area contributed by atoms with E-state index >= 15 is 0 Å². The van der Waals surface area contributed by atoms with Gasteiger partial charge in [0.2, 0.25) is 0 Å². The Morgan fingerprint density at radius 3 is 2.33 bits per heavy atom. The second-order valence-electron chi connectivity index (χ2n) is 2.59. The molecule has 2 unspecified atom stereocenters. The van der Waals surface area contributed by atoms with Gasteiger partial charge in [-0.2, -0.15) is 0 Å². The topological polar surface area (TPSA) is 46.5 Å². The van der Waals surface area contributed by atoms with Crippen LogP contribution in [0.25, 0.3) is 0 Å². The molecule has 2 atom stereocenters. The zero-order valence-corrected chi connectivity index (χ0v) is 5.50. The Morgan fingerprint density at radius 1 is 1.67 bits per heavy atom. The number of cyclic esters (lactones) is 1. The monoisotopic (exact) mass is 130 g/mol. The molecule has 0 saturated carbocycles. The molecule has 0 aromatic rings. The molecule has 0 aromatic carbocycles. The third-order valence-corrected chi connectivity index (χ3v) is 1.46. The number of aliphatic hydroxyl groups is 1. The number of hydrogen-bond donors (Lipinski definition) is 1. The zero-order valence-electron chi connectivity index (χ0n) is 5.50. The summed E-state index contributed by atoms with van der Waals surface area (Å²) in [4.78, 5) is 10.3. The van der Waals surface area contributed by atoms with Crippen molar-refractivity contribution in [2.24, 2.45) is 5.92 Å². The second-order valence-corrected chi connectivity index (χ2v) is 2.59. The standard InChI is InChI=1S/C6H10O3/c1-3(2)5-4(7)6(8)9-5/h3-5,7H,1-2H3. The van der Waals surface area contributed by atoms with Crippen LogP contribution in [0.4, 0.5) is 0 Å². The van der Waals surface area contributed by atoms with Gasteiger partial charge in [-0.05, 0) is 5.92 Å². The number of carbonyl (C=O) groups excluding carboxylic acids is 1. The summed E-state index contributed by atoms with van der Waals surface area (Å²) in [7, 11) is 0. The molecule has 0 amide bonds. The Kier molecular flexibility index (Phi) is 1.45. The summed E-state index contributed by atoms with van der Waals surface area (Å²) in [5, 5.41) is 8.87. The Hall–Kier alpha value is -0.570. The van der Waals surface area contributed by atoms with E-state index in [1.807, 2.05) is 13.8 Å². The maximum Gasteiger partial charge on any atom is 0.339 e. The normalized spacial score (nSPS) is 34.0. The Balaban J connectivity index is 2.42. The number of ether oxygens (including phenoxy) is 1. The fraction of sp³-hybridized carbons (Fsp3) is 0.833. The van der Waals surface area contributed by atoms with Gasteiger partial charge in [0.05, 0.1) is 0 Å². The first-order valence-electron chi connectivity index (χ1n) is 3.01. The first-order chi connectivity index (χ1) is 4.13. The zero-order chi connectivity index (χ0) is 7.02. The smallest absolute Gasteiger partial charge is 0.339 e. The van der Waals surface area contributed by atoms with Gasteiger partial charge in [0, 0.05) is 0 Å². The van der Waals surface area contributed by atoms with Crippen LogP contribution in [-0.4, -0.2) is 23.3 Å². The highest BCUT2D eigenvalue weighted by Crippen LogP contribution is 2.21. The van der Waals surface area contributed by atoms with E-state index in [1.54, 1.807) is 0 Å². The molecule has 1 N–H and O–H groups in total. The molecule has 52 valence electrons. The number of rotatable bonds is 1. The van der Waals surface area contributed by atoms with Crippen LogP contribution in [-0.2, 0) is 9.53 Å². The quantitative estimate of drug-likeness (QED) is 0.505. The van der Waals surface area contributed by atoms with Gasteiger partial charge in [-0.15, -0.1) is 0 Å². The fourth-order valence-corrected chi connectivity index (χ4v) is 0.831. The number of esters is 1. The second kappa shape index (κ2) is 1.99. The van der Waals surface area contributed by atoms with Crippen molar-refractivity contribution in [3.05, 3.63) is 0 Å². The molecule has 3 nitrogen and oxygen atoms in total. The van der Waals surface area contributed by atoms with Gasteiger partial charge in [-0.1, -0.05) is 13.8 Å². The summed E-state index contributed by atoms with van der Waals surface area (Å²) >= 11 is 0. The molecule has 3 heteroatoms. The fourth-order valence-electron chi connectivity index (χ4n) is 0.831. The molecule has 9 heavy (non-hydrogen) atoms. The lowest BCUT2D eigenvalue weighted by molar-refractivity contribution is -0.203.